The van der Waals surface area contributed by atoms with Gasteiger partial charge in [-0.3, -0.25) is 0 Å². The molecule has 0 heterocycles. The van der Waals surface area contributed by atoms with E-state index >= 15 is 0 Å². The Morgan fingerprint density at radius 1 is 1.78 bits per heavy atom. The normalized spacial score (nSPS) is 10.2. The molecule has 0 atom stereocenters. The molecular formula is C5H10ClNO2. The van der Waals surface area contributed by atoms with Crippen molar-refractivity contribution < 1.29 is 9.90 Å². The number of nitrogens with two attached hydrogens (primary N) is 1. The van der Waals surface area contributed by atoms with Gasteiger partial charge >= 0.3 is 5.97 Å². The Morgan fingerprint density at radius 3 is 2.33 bits per heavy atom. The Morgan fingerprint density at radius 2 is 2.22 bits per heavy atom. The van der Waals surface area contributed by atoms with Gasteiger partial charge in [-0.1, -0.05) is 6.08 Å². The topological polar surface area (TPSA) is 63.3 Å². The van der Waals surface area contributed by atoms with E-state index in [4.69, 9.17) is 10.8 Å². The fraction of sp³-hybridized carbons (Fsp3) is 0.400. The van der Waals surface area contributed by atoms with Crippen LogP contribution in [0.1, 0.15) is 6.92 Å². The highest BCUT2D eigenvalue weighted by Crippen LogP contribution is 1.87. The summed E-state index contributed by atoms with van der Waals surface area (Å²) in [5.74, 6) is -0.907. The van der Waals surface area contributed by atoms with Crippen molar-refractivity contribution in [3.05, 3.63) is 11.6 Å². The highest BCUT2D eigenvalue weighted by molar-refractivity contribution is 5.85. The van der Waals surface area contributed by atoms with Gasteiger partial charge in [-0.2, -0.15) is 0 Å². The number of aliphatic carboxylic acids is 1. The molecule has 9 heavy (non-hydrogen) atoms. The van der Waals surface area contributed by atoms with Gasteiger partial charge in [0.25, 0.3) is 0 Å². The van der Waals surface area contributed by atoms with Gasteiger partial charge < -0.3 is 10.8 Å². The molecule has 0 bridgehead atoms. The van der Waals surface area contributed by atoms with E-state index in [2.05, 4.69) is 0 Å². The maximum absolute atomic E-state index is 9.97. The predicted octanol–water partition coefficient (Wildman–Crippen LogP) is 0.398. The summed E-state index contributed by atoms with van der Waals surface area (Å²) >= 11 is 0. The third kappa shape index (κ3) is 5.33. The molecule has 0 aromatic heterocycles. The zero-order valence-electron chi connectivity index (χ0n) is 5.13. The van der Waals surface area contributed by atoms with Gasteiger partial charge in [-0.05, 0) is 6.92 Å². The fourth-order valence-corrected chi connectivity index (χ4v) is 0.264. The molecule has 0 aromatic rings. The van der Waals surface area contributed by atoms with Crippen molar-refractivity contribution in [2.75, 3.05) is 6.54 Å². The summed E-state index contributed by atoms with van der Waals surface area (Å²) in [5, 5.41) is 8.19. The van der Waals surface area contributed by atoms with E-state index < -0.39 is 5.97 Å². The number of halogens is 1. The molecule has 0 saturated heterocycles. The summed E-state index contributed by atoms with van der Waals surface area (Å²) in [5.41, 5.74) is 5.33. The number of hydrogen-bond acceptors (Lipinski definition) is 2. The molecule has 3 nitrogen and oxygen atoms in total. The van der Waals surface area contributed by atoms with Crippen molar-refractivity contribution in [2.45, 2.75) is 6.92 Å². The molecule has 0 saturated carbocycles. The van der Waals surface area contributed by atoms with Crippen LogP contribution >= 0.6 is 12.4 Å². The van der Waals surface area contributed by atoms with E-state index in [0.717, 1.165) is 0 Å². The lowest BCUT2D eigenvalue weighted by Gasteiger charge is -1.87. The molecule has 0 aliphatic carbocycles. The first-order chi connectivity index (χ1) is 3.68. The second-order valence-electron chi connectivity index (χ2n) is 1.43. The van der Waals surface area contributed by atoms with E-state index in [1.807, 2.05) is 0 Å². The summed E-state index contributed by atoms with van der Waals surface area (Å²) in [7, 11) is 0. The minimum Gasteiger partial charge on any atom is -0.478 e. The Labute approximate surface area is 60.0 Å². The standard InChI is InChI=1S/C5H9NO2.ClH/c1-4(2-3-6)5(7)8;/h2H,3,6H2,1H3,(H,7,8);1H. The smallest absolute Gasteiger partial charge is 0.330 e. The maximum Gasteiger partial charge on any atom is 0.330 e. The lowest BCUT2D eigenvalue weighted by Crippen LogP contribution is -2.01. The van der Waals surface area contributed by atoms with Crippen LogP contribution in [-0.2, 0) is 4.79 Å². The lowest BCUT2D eigenvalue weighted by molar-refractivity contribution is -0.132. The van der Waals surface area contributed by atoms with Gasteiger partial charge in [0, 0.05) is 12.1 Å². The van der Waals surface area contributed by atoms with Crippen LogP contribution in [0.5, 0.6) is 0 Å². The minimum absolute atomic E-state index is 0. The van der Waals surface area contributed by atoms with Crippen molar-refractivity contribution in [1.29, 1.82) is 0 Å². The van der Waals surface area contributed by atoms with Crippen LogP contribution < -0.4 is 5.73 Å². The second kappa shape index (κ2) is 5.59. The van der Waals surface area contributed by atoms with Crippen molar-refractivity contribution in [3.8, 4) is 0 Å². The molecule has 0 rings (SSSR count). The first-order valence-electron chi connectivity index (χ1n) is 2.28. The van der Waals surface area contributed by atoms with Crippen LogP contribution in [0.3, 0.4) is 0 Å². The van der Waals surface area contributed by atoms with E-state index in [1.165, 1.54) is 13.0 Å². The van der Waals surface area contributed by atoms with E-state index in [-0.39, 0.29) is 19.0 Å². The molecule has 4 heteroatoms. The molecule has 0 radical (unpaired) electrons. The summed E-state index contributed by atoms with van der Waals surface area (Å²) in [6, 6.07) is 0. The predicted molar refractivity (Wildman–Crippen MR) is 37.7 cm³/mol. The summed E-state index contributed by atoms with van der Waals surface area (Å²) < 4.78 is 0. The average molecular weight is 152 g/mol. The summed E-state index contributed by atoms with van der Waals surface area (Å²) in [6.45, 7) is 1.80. The Bertz CT molecular complexity index is 122. The van der Waals surface area contributed by atoms with Crippen molar-refractivity contribution in [1.82, 2.24) is 0 Å². The molecule has 54 valence electrons. The van der Waals surface area contributed by atoms with E-state index in [1.54, 1.807) is 0 Å². The van der Waals surface area contributed by atoms with Crippen molar-refractivity contribution in [3.63, 3.8) is 0 Å². The zero-order chi connectivity index (χ0) is 6.57. The lowest BCUT2D eigenvalue weighted by atomic mass is 10.3. The molecule has 0 fully saturated rings. The van der Waals surface area contributed by atoms with Crippen LogP contribution in [0.4, 0.5) is 0 Å². The van der Waals surface area contributed by atoms with Crippen molar-refractivity contribution >= 4 is 18.4 Å². The average Bonchev–Trinajstić information content (AvgIpc) is 1.67. The third-order valence-electron chi connectivity index (χ3n) is 0.761. The Hall–Kier alpha value is -0.540. The quantitative estimate of drug-likeness (QED) is 0.562. The van der Waals surface area contributed by atoms with Crippen LogP contribution in [0, 0.1) is 0 Å². The Balaban J connectivity index is 0. The number of carboxylic acid groups (broad SMARTS) is 1. The Kier molecular flexibility index (Phi) is 7.01. The molecule has 3 N–H and O–H groups in total. The van der Waals surface area contributed by atoms with Crippen LogP contribution in [0.15, 0.2) is 11.6 Å². The minimum atomic E-state index is -0.907. The highest BCUT2D eigenvalue weighted by atomic mass is 35.5. The second-order valence-corrected chi connectivity index (χ2v) is 1.43. The summed E-state index contributed by atoms with van der Waals surface area (Å²) in [4.78, 5) is 9.97. The third-order valence-corrected chi connectivity index (χ3v) is 0.761. The largest absolute Gasteiger partial charge is 0.478 e. The molecular weight excluding hydrogens is 142 g/mol. The number of carboxylic acids is 1. The number of rotatable bonds is 2. The van der Waals surface area contributed by atoms with Gasteiger partial charge in [0.15, 0.2) is 0 Å². The molecule has 0 spiro atoms. The molecule has 0 aliphatic heterocycles. The SMILES string of the molecule is CC(=CCN)C(=O)O.Cl. The monoisotopic (exact) mass is 151 g/mol. The van der Waals surface area contributed by atoms with Crippen LogP contribution in [-0.4, -0.2) is 17.6 Å². The fourth-order valence-electron chi connectivity index (χ4n) is 0.264. The van der Waals surface area contributed by atoms with Gasteiger partial charge in [0.1, 0.15) is 0 Å². The van der Waals surface area contributed by atoms with Gasteiger partial charge in [0.2, 0.25) is 0 Å². The first kappa shape index (κ1) is 11.3. The van der Waals surface area contributed by atoms with Gasteiger partial charge in [-0.25, -0.2) is 4.79 Å². The molecule has 0 aromatic carbocycles. The van der Waals surface area contributed by atoms with E-state index in [9.17, 15) is 4.79 Å². The van der Waals surface area contributed by atoms with Crippen LogP contribution in [0.25, 0.3) is 0 Å². The maximum atomic E-state index is 9.97. The van der Waals surface area contributed by atoms with Crippen LogP contribution in [0.2, 0.25) is 0 Å². The number of hydrogen-bond donors (Lipinski definition) is 2. The van der Waals surface area contributed by atoms with Crippen molar-refractivity contribution in [2.24, 2.45) is 5.73 Å². The number of carbonyl (C=O) groups is 1. The molecule has 0 unspecified atom stereocenters. The molecule has 0 aliphatic rings. The highest BCUT2D eigenvalue weighted by Gasteiger charge is 1.95. The first-order valence-corrected chi connectivity index (χ1v) is 2.28. The van der Waals surface area contributed by atoms with Gasteiger partial charge in [0.05, 0.1) is 0 Å². The van der Waals surface area contributed by atoms with Gasteiger partial charge in [-0.15, -0.1) is 12.4 Å². The summed E-state index contributed by atoms with van der Waals surface area (Å²) in [6.07, 6.45) is 1.46. The van der Waals surface area contributed by atoms with E-state index in [0.29, 0.717) is 5.57 Å². The molecule has 0 amide bonds. The zero-order valence-corrected chi connectivity index (χ0v) is 5.94.